The standard InChI is InChI=1S/C13H15N5O3/c1-18-5-10(4-16-18)21-12-7-20-6-11(12)17-13(19)9-2-14-8-15-3-9/h2-5,8,11-12H,6-7H2,1H3,(H,17,19)/t11-,12+/m0/s1. The third kappa shape index (κ3) is 3.16. The van der Waals surface area contributed by atoms with Gasteiger partial charge in [-0.2, -0.15) is 5.10 Å². The Morgan fingerprint density at radius 3 is 2.90 bits per heavy atom. The quantitative estimate of drug-likeness (QED) is 0.837. The summed E-state index contributed by atoms with van der Waals surface area (Å²) in [5, 5.41) is 6.92. The van der Waals surface area contributed by atoms with Crippen LogP contribution in [0, 0.1) is 0 Å². The number of hydrogen-bond acceptors (Lipinski definition) is 6. The number of nitrogens with zero attached hydrogens (tertiary/aromatic N) is 4. The average molecular weight is 289 g/mol. The van der Waals surface area contributed by atoms with Crippen LogP contribution in [0.5, 0.6) is 5.75 Å². The minimum absolute atomic E-state index is 0.224. The fourth-order valence-corrected chi connectivity index (χ4v) is 2.09. The topological polar surface area (TPSA) is 91.2 Å². The summed E-state index contributed by atoms with van der Waals surface area (Å²) in [6.45, 7) is 0.829. The van der Waals surface area contributed by atoms with E-state index in [2.05, 4.69) is 20.4 Å². The van der Waals surface area contributed by atoms with Crippen LogP contribution in [-0.2, 0) is 11.8 Å². The summed E-state index contributed by atoms with van der Waals surface area (Å²) in [5.41, 5.74) is 0.407. The van der Waals surface area contributed by atoms with E-state index in [0.29, 0.717) is 24.5 Å². The summed E-state index contributed by atoms with van der Waals surface area (Å²) < 4.78 is 12.8. The smallest absolute Gasteiger partial charge is 0.254 e. The lowest BCUT2D eigenvalue weighted by atomic mass is 10.2. The first-order chi connectivity index (χ1) is 10.2. The maximum atomic E-state index is 12.1. The molecule has 1 saturated heterocycles. The van der Waals surface area contributed by atoms with Gasteiger partial charge in [0.05, 0.1) is 37.2 Å². The van der Waals surface area contributed by atoms with Crippen LogP contribution in [0.1, 0.15) is 10.4 Å². The SMILES string of the molecule is Cn1cc(O[C@@H]2COC[C@@H]2NC(=O)c2cncnc2)cn1. The molecule has 1 N–H and O–H groups in total. The summed E-state index contributed by atoms with van der Waals surface area (Å²) in [7, 11) is 1.81. The molecule has 1 aliphatic heterocycles. The second kappa shape index (κ2) is 5.88. The number of rotatable bonds is 4. The van der Waals surface area contributed by atoms with Crippen LogP contribution in [0.2, 0.25) is 0 Å². The molecular weight excluding hydrogens is 274 g/mol. The fourth-order valence-electron chi connectivity index (χ4n) is 2.09. The zero-order chi connectivity index (χ0) is 14.7. The highest BCUT2D eigenvalue weighted by Gasteiger charge is 2.32. The van der Waals surface area contributed by atoms with E-state index in [0.717, 1.165) is 0 Å². The summed E-state index contributed by atoms with van der Waals surface area (Å²) >= 11 is 0. The van der Waals surface area contributed by atoms with E-state index in [4.69, 9.17) is 9.47 Å². The minimum Gasteiger partial charge on any atom is -0.482 e. The first-order valence-electron chi connectivity index (χ1n) is 6.51. The maximum Gasteiger partial charge on any atom is 0.254 e. The van der Waals surface area contributed by atoms with Crippen molar-refractivity contribution in [1.82, 2.24) is 25.1 Å². The number of aryl methyl sites for hydroxylation is 1. The molecule has 8 nitrogen and oxygen atoms in total. The van der Waals surface area contributed by atoms with Crippen LogP contribution >= 0.6 is 0 Å². The van der Waals surface area contributed by atoms with Crippen LogP contribution < -0.4 is 10.1 Å². The van der Waals surface area contributed by atoms with Gasteiger partial charge in [-0.1, -0.05) is 0 Å². The Balaban J connectivity index is 1.63. The van der Waals surface area contributed by atoms with Gasteiger partial charge in [-0.25, -0.2) is 9.97 Å². The normalized spacial score (nSPS) is 21.2. The predicted molar refractivity (Wildman–Crippen MR) is 71.7 cm³/mol. The Morgan fingerprint density at radius 1 is 1.38 bits per heavy atom. The molecule has 0 bridgehead atoms. The summed E-state index contributed by atoms with van der Waals surface area (Å²) in [6, 6.07) is -0.224. The van der Waals surface area contributed by atoms with Crippen molar-refractivity contribution in [2.24, 2.45) is 7.05 Å². The molecule has 0 unspecified atom stereocenters. The molecule has 0 aliphatic carbocycles. The second-order valence-corrected chi connectivity index (χ2v) is 4.75. The molecule has 0 saturated carbocycles. The van der Waals surface area contributed by atoms with Crippen LogP contribution in [0.15, 0.2) is 31.1 Å². The Labute approximate surface area is 121 Å². The van der Waals surface area contributed by atoms with Gasteiger partial charge >= 0.3 is 0 Å². The largest absolute Gasteiger partial charge is 0.482 e. The summed E-state index contributed by atoms with van der Waals surface area (Å²) in [4.78, 5) is 19.7. The zero-order valence-electron chi connectivity index (χ0n) is 11.5. The Kier molecular flexibility index (Phi) is 3.78. The molecule has 0 spiro atoms. The van der Waals surface area contributed by atoms with Crippen molar-refractivity contribution < 1.29 is 14.3 Å². The van der Waals surface area contributed by atoms with Crippen molar-refractivity contribution in [2.45, 2.75) is 12.1 Å². The Hall–Kier alpha value is -2.48. The third-order valence-electron chi connectivity index (χ3n) is 3.14. The molecule has 0 radical (unpaired) electrons. The first kappa shape index (κ1) is 13.5. The van der Waals surface area contributed by atoms with Crippen molar-refractivity contribution in [3.63, 3.8) is 0 Å². The van der Waals surface area contributed by atoms with Gasteiger partial charge in [0.1, 0.15) is 12.4 Å². The highest BCUT2D eigenvalue weighted by atomic mass is 16.5. The summed E-state index contributed by atoms with van der Waals surface area (Å²) in [5.74, 6) is 0.404. The van der Waals surface area contributed by atoms with Gasteiger partial charge in [0.15, 0.2) is 5.75 Å². The van der Waals surface area contributed by atoms with Crippen LogP contribution in [0.25, 0.3) is 0 Å². The molecule has 1 fully saturated rings. The Bertz CT molecular complexity index is 615. The number of carbonyl (C=O) groups excluding carboxylic acids is 1. The molecule has 0 aromatic carbocycles. The van der Waals surface area contributed by atoms with Gasteiger partial charge in [0, 0.05) is 19.4 Å². The molecule has 2 atom stereocenters. The number of aromatic nitrogens is 4. The monoisotopic (exact) mass is 289 g/mol. The molecule has 8 heteroatoms. The molecule has 2 aromatic heterocycles. The second-order valence-electron chi connectivity index (χ2n) is 4.75. The van der Waals surface area contributed by atoms with E-state index >= 15 is 0 Å². The highest BCUT2D eigenvalue weighted by molar-refractivity contribution is 5.93. The molecular formula is C13H15N5O3. The molecule has 3 heterocycles. The van der Waals surface area contributed by atoms with Gasteiger partial charge < -0.3 is 14.8 Å². The molecule has 1 aliphatic rings. The van der Waals surface area contributed by atoms with E-state index < -0.39 is 0 Å². The van der Waals surface area contributed by atoms with Crippen molar-refractivity contribution in [1.29, 1.82) is 0 Å². The van der Waals surface area contributed by atoms with E-state index in [1.165, 1.54) is 18.7 Å². The number of hydrogen-bond donors (Lipinski definition) is 1. The van der Waals surface area contributed by atoms with E-state index in [-0.39, 0.29) is 18.1 Å². The van der Waals surface area contributed by atoms with E-state index in [9.17, 15) is 4.79 Å². The predicted octanol–water partition coefficient (Wildman–Crippen LogP) is -0.214. The zero-order valence-corrected chi connectivity index (χ0v) is 11.5. The van der Waals surface area contributed by atoms with E-state index in [1.54, 1.807) is 17.1 Å². The average Bonchev–Trinajstić information content (AvgIpc) is 3.10. The van der Waals surface area contributed by atoms with Gasteiger partial charge in [0.2, 0.25) is 0 Å². The fraction of sp³-hybridized carbons (Fsp3) is 0.385. The van der Waals surface area contributed by atoms with Crippen molar-refractivity contribution >= 4 is 5.91 Å². The third-order valence-corrected chi connectivity index (χ3v) is 3.14. The minimum atomic E-state index is -0.247. The highest BCUT2D eigenvalue weighted by Crippen LogP contribution is 2.16. The van der Waals surface area contributed by atoms with E-state index in [1.807, 2.05) is 7.05 Å². The van der Waals surface area contributed by atoms with Gasteiger partial charge in [0.25, 0.3) is 5.91 Å². The first-order valence-corrected chi connectivity index (χ1v) is 6.51. The lowest BCUT2D eigenvalue weighted by Gasteiger charge is -2.19. The van der Waals surface area contributed by atoms with Crippen LogP contribution in [-0.4, -0.2) is 51.0 Å². The lowest BCUT2D eigenvalue weighted by molar-refractivity contribution is 0.0903. The maximum absolute atomic E-state index is 12.1. The number of amides is 1. The lowest BCUT2D eigenvalue weighted by Crippen LogP contribution is -2.45. The summed E-state index contributed by atoms with van der Waals surface area (Å²) in [6.07, 6.45) is 7.46. The van der Waals surface area contributed by atoms with Crippen molar-refractivity contribution in [2.75, 3.05) is 13.2 Å². The van der Waals surface area contributed by atoms with Crippen molar-refractivity contribution in [3.05, 3.63) is 36.7 Å². The van der Waals surface area contributed by atoms with Crippen LogP contribution in [0.4, 0.5) is 0 Å². The van der Waals surface area contributed by atoms with Gasteiger partial charge in [-0.05, 0) is 0 Å². The molecule has 3 rings (SSSR count). The molecule has 21 heavy (non-hydrogen) atoms. The molecule has 1 amide bonds. The number of ether oxygens (including phenoxy) is 2. The Morgan fingerprint density at radius 2 is 2.19 bits per heavy atom. The van der Waals surface area contributed by atoms with Gasteiger partial charge in [-0.15, -0.1) is 0 Å². The van der Waals surface area contributed by atoms with Crippen LogP contribution in [0.3, 0.4) is 0 Å². The number of nitrogens with one attached hydrogen (secondary N) is 1. The number of carbonyl (C=O) groups is 1. The van der Waals surface area contributed by atoms with Gasteiger partial charge in [-0.3, -0.25) is 9.48 Å². The molecule has 2 aromatic rings. The van der Waals surface area contributed by atoms with Crippen molar-refractivity contribution in [3.8, 4) is 5.75 Å². The molecule has 110 valence electrons.